The number of ether oxygens (including phenoxy) is 1. The molecule has 1 atom stereocenters. The average Bonchev–Trinajstić information content (AvgIpc) is 2.85. The lowest BCUT2D eigenvalue weighted by Gasteiger charge is -2.49. The molecule has 0 saturated carbocycles. The van der Waals surface area contributed by atoms with Crippen LogP contribution in [0.3, 0.4) is 0 Å². The third-order valence-corrected chi connectivity index (χ3v) is 6.33. The van der Waals surface area contributed by atoms with Crippen LogP contribution in [0.2, 0.25) is 0 Å². The van der Waals surface area contributed by atoms with Crippen LogP contribution in [0.25, 0.3) is 6.08 Å². The summed E-state index contributed by atoms with van der Waals surface area (Å²) in [5, 5.41) is 3.30. The highest BCUT2D eigenvalue weighted by molar-refractivity contribution is 9.10. The highest BCUT2D eigenvalue weighted by Gasteiger charge is 2.57. The molecule has 0 bridgehead atoms. The summed E-state index contributed by atoms with van der Waals surface area (Å²) in [6.45, 7) is 5.09. The first-order chi connectivity index (χ1) is 12.9. The molecule has 140 valence electrons. The van der Waals surface area contributed by atoms with E-state index in [1.165, 1.54) is 11.3 Å². The van der Waals surface area contributed by atoms with E-state index in [0.717, 1.165) is 15.8 Å². The molecular formula is C22H23BrN2O2. The first-order valence-corrected chi connectivity index (χ1v) is 9.89. The summed E-state index contributed by atoms with van der Waals surface area (Å²) >= 11 is 3.53. The normalized spacial score (nSPS) is 23.1. The van der Waals surface area contributed by atoms with Crippen LogP contribution < -0.4 is 15.0 Å². The van der Waals surface area contributed by atoms with Crippen LogP contribution in [0.15, 0.2) is 53.0 Å². The van der Waals surface area contributed by atoms with E-state index in [-0.39, 0.29) is 11.3 Å². The first kappa shape index (κ1) is 18.1. The zero-order valence-electron chi connectivity index (χ0n) is 15.8. The van der Waals surface area contributed by atoms with Gasteiger partial charge in [0.05, 0.1) is 7.11 Å². The van der Waals surface area contributed by atoms with Crippen molar-refractivity contribution in [3.8, 4) is 5.75 Å². The Morgan fingerprint density at radius 1 is 1.22 bits per heavy atom. The van der Waals surface area contributed by atoms with Crippen LogP contribution in [-0.4, -0.2) is 25.2 Å². The molecule has 4 rings (SSSR count). The number of carbonyl (C=O) groups excluding carboxylic acids is 1. The highest BCUT2D eigenvalue weighted by atomic mass is 79.9. The van der Waals surface area contributed by atoms with E-state index in [0.29, 0.717) is 13.0 Å². The molecular weight excluding hydrogens is 404 g/mol. The smallest absolute Gasteiger partial charge is 0.223 e. The van der Waals surface area contributed by atoms with Gasteiger partial charge in [0.2, 0.25) is 5.91 Å². The lowest BCUT2D eigenvalue weighted by Crippen LogP contribution is -2.68. The van der Waals surface area contributed by atoms with Crippen molar-refractivity contribution in [3.05, 3.63) is 64.1 Å². The Hall–Kier alpha value is -2.27. The fourth-order valence-corrected chi connectivity index (χ4v) is 4.74. The second-order valence-corrected chi connectivity index (χ2v) is 8.49. The van der Waals surface area contributed by atoms with Crippen LogP contribution in [0, 0.1) is 0 Å². The minimum atomic E-state index is -0.612. The Morgan fingerprint density at radius 3 is 2.78 bits per heavy atom. The average molecular weight is 427 g/mol. The van der Waals surface area contributed by atoms with Crippen LogP contribution >= 0.6 is 15.9 Å². The van der Waals surface area contributed by atoms with Gasteiger partial charge in [-0.25, -0.2) is 0 Å². The van der Waals surface area contributed by atoms with E-state index >= 15 is 0 Å². The molecule has 1 fully saturated rings. The topological polar surface area (TPSA) is 41.6 Å². The van der Waals surface area contributed by atoms with Crippen molar-refractivity contribution in [2.45, 2.75) is 31.3 Å². The van der Waals surface area contributed by atoms with E-state index in [9.17, 15) is 4.79 Å². The number of hydrogen-bond donors (Lipinski definition) is 1. The molecule has 2 aromatic carbocycles. The second kappa shape index (κ2) is 6.41. The van der Waals surface area contributed by atoms with Gasteiger partial charge in [0, 0.05) is 34.1 Å². The highest BCUT2D eigenvalue weighted by Crippen LogP contribution is 2.52. The third kappa shape index (κ3) is 2.67. The molecule has 1 amide bonds. The van der Waals surface area contributed by atoms with E-state index in [1.54, 1.807) is 7.11 Å². The van der Waals surface area contributed by atoms with Crippen molar-refractivity contribution in [3.63, 3.8) is 0 Å². The number of benzene rings is 2. The van der Waals surface area contributed by atoms with Crippen molar-refractivity contribution in [2.75, 3.05) is 18.6 Å². The van der Waals surface area contributed by atoms with Crippen molar-refractivity contribution in [1.29, 1.82) is 0 Å². The summed E-state index contributed by atoms with van der Waals surface area (Å²) in [5.74, 6) is 0.880. The lowest BCUT2D eigenvalue weighted by atomic mass is 9.74. The second-order valence-electron chi connectivity index (χ2n) is 7.58. The number of para-hydroxylation sites is 1. The number of halogens is 1. The Labute approximate surface area is 168 Å². The maximum absolute atomic E-state index is 12.4. The number of nitrogens with zero attached hydrogens (tertiary/aromatic N) is 1. The molecule has 2 aromatic rings. The number of hydrogen-bond acceptors (Lipinski definition) is 3. The number of carbonyl (C=O) groups is 1. The van der Waals surface area contributed by atoms with Crippen molar-refractivity contribution < 1.29 is 9.53 Å². The van der Waals surface area contributed by atoms with Gasteiger partial charge >= 0.3 is 0 Å². The maximum Gasteiger partial charge on any atom is 0.223 e. The molecule has 5 heteroatoms. The first-order valence-electron chi connectivity index (χ1n) is 9.10. The third-order valence-electron chi connectivity index (χ3n) is 5.84. The maximum atomic E-state index is 12.4. The predicted molar refractivity (Wildman–Crippen MR) is 112 cm³/mol. The largest absolute Gasteiger partial charge is 0.496 e. The van der Waals surface area contributed by atoms with Gasteiger partial charge in [-0.15, -0.1) is 0 Å². The molecule has 2 aliphatic heterocycles. The van der Waals surface area contributed by atoms with E-state index in [1.807, 2.05) is 18.2 Å². The fourth-order valence-electron chi connectivity index (χ4n) is 4.36. The van der Waals surface area contributed by atoms with Gasteiger partial charge in [-0.2, -0.15) is 0 Å². The van der Waals surface area contributed by atoms with Gasteiger partial charge in [-0.1, -0.05) is 54.1 Å². The molecule has 2 heterocycles. The summed E-state index contributed by atoms with van der Waals surface area (Å²) < 4.78 is 6.50. The molecule has 27 heavy (non-hydrogen) atoms. The number of rotatable bonds is 3. The van der Waals surface area contributed by atoms with E-state index < -0.39 is 5.66 Å². The SMILES string of the molecule is COc1ccc(Br)cc1C=CC12NC(=O)CCN1c1ccccc1C2(C)C. The Balaban J connectivity index is 1.86. The van der Waals surface area contributed by atoms with Crippen molar-refractivity contribution in [2.24, 2.45) is 0 Å². The Bertz CT molecular complexity index is 938. The monoisotopic (exact) mass is 426 g/mol. The van der Waals surface area contributed by atoms with Gasteiger partial charge < -0.3 is 15.0 Å². The quantitative estimate of drug-likeness (QED) is 0.785. The molecule has 0 aromatic heterocycles. The number of anilines is 1. The summed E-state index contributed by atoms with van der Waals surface area (Å²) in [7, 11) is 1.67. The van der Waals surface area contributed by atoms with Crippen LogP contribution in [0.1, 0.15) is 31.4 Å². The number of fused-ring (bicyclic) bond motifs is 3. The summed E-state index contributed by atoms with van der Waals surface area (Å²) in [6.07, 6.45) is 4.67. The minimum Gasteiger partial charge on any atom is -0.496 e. The van der Waals surface area contributed by atoms with Crippen molar-refractivity contribution >= 4 is 33.6 Å². The summed E-state index contributed by atoms with van der Waals surface area (Å²) in [6, 6.07) is 14.3. The van der Waals surface area contributed by atoms with Gasteiger partial charge in [-0.3, -0.25) is 4.79 Å². The fraction of sp³-hybridized carbons (Fsp3) is 0.318. The number of methoxy groups -OCH3 is 1. The molecule has 1 unspecified atom stereocenters. The van der Waals surface area contributed by atoms with Gasteiger partial charge in [0.15, 0.2) is 0 Å². The molecule has 0 radical (unpaired) electrons. The molecule has 0 aliphatic carbocycles. The molecule has 4 nitrogen and oxygen atoms in total. The summed E-state index contributed by atoms with van der Waals surface area (Å²) in [5.41, 5.74) is 2.51. The number of nitrogens with one attached hydrogen (secondary N) is 1. The van der Waals surface area contributed by atoms with E-state index in [4.69, 9.17) is 4.74 Å². The van der Waals surface area contributed by atoms with Crippen LogP contribution in [0.4, 0.5) is 5.69 Å². The molecule has 0 spiro atoms. The molecule has 1 N–H and O–H groups in total. The van der Waals surface area contributed by atoms with Crippen LogP contribution in [-0.2, 0) is 10.2 Å². The van der Waals surface area contributed by atoms with Crippen LogP contribution in [0.5, 0.6) is 5.75 Å². The van der Waals surface area contributed by atoms with Gasteiger partial charge in [-0.05, 0) is 35.9 Å². The minimum absolute atomic E-state index is 0.0815. The lowest BCUT2D eigenvalue weighted by molar-refractivity contribution is -0.124. The zero-order chi connectivity index (χ0) is 19.2. The Morgan fingerprint density at radius 2 is 2.00 bits per heavy atom. The zero-order valence-corrected chi connectivity index (χ0v) is 17.3. The Kier molecular flexibility index (Phi) is 4.30. The molecule has 2 aliphatic rings. The predicted octanol–water partition coefficient (Wildman–Crippen LogP) is 4.48. The standard InChI is InChI=1S/C22H23BrN2O2/c1-21(2)17-6-4-5-7-18(17)25-13-11-20(26)24-22(21,25)12-10-15-14-16(23)8-9-19(15)27-3/h4-10,12,14H,11,13H2,1-3H3,(H,24,26). The van der Waals surface area contributed by atoms with Crippen molar-refractivity contribution in [1.82, 2.24) is 5.32 Å². The molecule has 1 saturated heterocycles. The van der Waals surface area contributed by atoms with Gasteiger partial charge in [0.25, 0.3) is 0 Å². The van der Waals surface area contributed by atoms with E-state index in [2.05, 4.69) is 76.4 Å². The number of amides is 1. The van der Waals surface area contributed by atoms with Gasteiger partial charge in [0.1, 0.15) is 11.4 Å². The summed E-state index contributed by atoms with van der Waals surface area (Å²) in [4.78, 5) is 14.8.